The maximum atomic E-state index is 14.0. The zero-order valence-corrected chi connectivity index (χ0v) is 39.8. The van der Waals surface area contributed by atoms with Crippen LogP contribution in [0.2, 0.25) is 0 Å². The van der Waals surface area contributed by atoms with E-state index in [1.807, 2.05) is 18.2 Å². The highest BCUT2D eigenvalue weighted by atomic mass is 79.9. The summed E-state index contributed by atoms with van der Waals surface area (Å²) in [5.74, 6) is 0.786. The lowest BCUT2D eigenvalue weighted by atomic mass is 9.90. The number of ether oxygens (including phenoxy) is 1. The number of halogens is 1. The predicted octanol–water partition coefficient (Wildman–Crippen LogP) is 4.07. The van der Waals surface area contributed by atoms with Crippen LogP contribution in [0.4, 0.5) is 28.8 Å². The van der Waals surface area contributed by atoms with E-state index in [2.05, 4.69) is 60.2 Å². The van der Waals surface area contributed by atoms with Gasteiger partial charge in [0.25, 0.3) is 17.0 Å². The number of pyridine rings is 3. The van der Waals surface area contributed by atoms with Crippen molar-refractivity contribution in [1.82, 2.24) is 48.0 Å². The van der Waals surface area contributed by atoms with Crippen LogP contribution in [0.15, 0.2) is 69.1 Å². The third-order valence-electron chi connectivity index (χ3n) is 12.4. The molecule has 348 valence electrons. The first-order valence-electron chi connectivity index (χ1n) is 21.7. The maximum absolute atomic E-state index is 14.0. The second-order valence-electron chi connectivity index (χ2n) is 18.2. The summed E-state index contributed by atoms with van der Waals surface area (Å²) in [6.07, 6.45) is 6.88. The monoisotopic (exact) mass is 975 g/mol. The minimum absolute atomic E-state index is 0.0236. The lowest BCUT2D eigenvalue weighted by molar-refractivity contribution is -0.142. The zero-order valence-electron chi connectivity index (χ0n) is 38.2. The highest BCUT2D eigenvalue weighted by Crippen LogP contribution is 2.40. The topological polar surface area (TPSA) is 209 Å². The Bertz CT molecular complexity index is 3160. The minimum atomic E-state index is -0.464. The predicted molar refractivity (Wildman–Crippen MR) is 251 cm³/mol. The van der Waals surface area contributed by atoms with E-state index < -0.39 is 5.97 Å². The average Bonchev–Trinajstić information content (AvgIpc) is 4.01. The lowest BCUT2D eigenvalue weighted by Gasteiger charge is -2.31. The van der Waals surface area contributed by atoms with Gasteiger partial charge in [0.15, 0.2) is 11.6 Å². The van der Waals surface area contributed by atoms with Crippen molar-refractivity contribution in [2.75, 3.05) is 36.2 Å². The third kappa shape index (κ3) is 8.77. The molecular formula is C46H50BrN13O7. The van der Waals surface area contributed by atoms with E-state index in [0.717, 1.165) is 28.7 Å². The fourth-order valence-corrected chi connectivity index (χ4v) is 9.66. The third-order valence-corrected chi connectivity index (χ3v) is 12.9. The summed E-state index contributed by atoms with van der Waals surface area (Å²) < 4.78 is 14.7. The Morgan fingerprint density at radius 2 is 1.37 bits per heavy atom. The molecule has 3 amide bonds. The number of fused-ring (bicyclic) bond motifs is 5. The first-order valence-corrected chi connectivity index (χ1v) is 22.5. The highest BCUT2D eigenvalue weighted by molar-refractivity contribution is 9.10. The van der Waals surface area contributed by atoms with E-state index in [1.165, 1.54) is 27.3 Å². The van der Waals surface area contributed by atoms with E-state index in [-0.39, 0.29) is 59.6 Å². The Labute approximate surface area is 392 Å². The van der Waals surface area contributed by atoms with E-state index in [4.69, 9.17) is 4.74 Å². The molecule has 6 aromatic rings. The fourth-order valence-electron chi connectivity index (χ4n) is 9.12. The molecule has 21 heteroatoms. The maximum Gasteiger partial charge on any atom is 0.302 e. The highest BCUT2D eigenvalue weighted by Gasteiger charge is 2.38. The van der Waals surface area contributed by atoms with Gasteiger partial charge in [-0.2, -0.15) is 10.2 Å². The van der Waals surface area contributed by atoms with Crippen LogP contribution in [0.5, 0.6) is 0 Å². The van der Waals surface area contributed by atoms with Gasteiger partial charge in [-0.25, -0.2) is 4.98 Å². The van der Waals surface area contributed by atoms with E-state index in [1.54, 1.807) is 89.0 Å². The van der Waals surface area contributed by atoms with Gasteiger partial charge in [0.1, 0.15) is 42.6 Å². The molecule has 0 atom stereocenters. The molecule has 2 N–H and O–H groups in total. The van der Waals surface area contributed by atoms with Crippen molar-refractivity contribution in [1.29, 1.82) is 0 Å². The molecule has 0 saturated heterocycles. The minimum Gasteiger partial charge on any atom is -0.461 e. The zero-order chi connectivity index (χ0) is 47.6. The molecule has 0 unspecified atom stereocenters. The van der Waals surface area contributed by atoms with Crippen molar-refractivity contribution >= 4 is 68.4 Å². The summed E-state index contributed by atoms with van der Waals surface area (Å²) >= 11 is 3.36. The first-order chi connectivity index (χ1) is 31.8. The molecule has 0 spiro atoms. The summed E-state index contributed by atoms with van der Waals surface area (Å²) in [5.41, 5.74) is 7.23. The van der Waals surface area contributed by atoms with Gasteiger partial charge < -0.3 is 38.9 Å². The van der Waals surface area contributed by atoms with Crippen LogP contribution >= 0.6 is 15.9 Å². The molecule has 9 heterocycles. The number of amides is 3. The summed E-state index contributed by atoms with van der Waals surface area (Å²) in [7, 11) is 6.84. The van der Waals surface area contributed by atoms with Crippen LogP contribution in [0.1, 0.15) is 59.5 Å². The molecule has 6 aromatic heterocycles. The van der Waals surface area contributed by atoms with Crippen molar-refractivity contribution < 1.29 is 23.9 Å². The molecule has 0 fully saturated rings. The number of carbonyl (C=O) groups is 4. The van der Waals surface area contributed by atoms with Crippen molar-refractivity contribution in [3.63, 3.8) is 0 Å². The quantitative estimate of drug-likeness (QED) is 0.207. The van der Waals surface area contributed by atoms with Crippen LogP contribution in [0, 0.1) is 5.41 Å². The van der Waals surface area contributed by atoms with Gasteiger partial charge in [-0.3, -0.25) is 43.0 Å². The number of nitrogens with one attached hydrogen (secondary N) is 2. The van der Waals surface area contributed by atoms with Gasteiger partial charge in [-0.1, -0.05) is 13.8 Å². The standard InChI is InChI=1S/C33H36N8O5.C13H14BrN5O2/c1-19(42)46-18-24-23(6-7-34-30(24)40-9-8-39-26(32(40)45)11-20-13-33(2,3)14-27(20)39)21-10-25(31(44)38(5)15-21)35-28-12-22-16-37(4)29(43)17-41(22)36-28;1-17-6-9-4-11(16-19(9)7-12(17)20)15-10-3-8(14)5-18(2)13(10)21/h6-7,10-12,15H,8-9,13-14,16-18H2,1-5H3,(H,35,36);3-5H,6-7H2,1-2H3,(H,15,16). The normalized spacial score (nSPS) is 15.9. The molecule has 10 rings (SSSR count). The number of rotatable bonds is 8. The number of hydrogen-bond acceptors (Lipinski definition) is 12. The Hall–Kier alpha value is -7.29. The van der Waals surface area contributed by atoms with Gasteiger partial charge >= 0.3 is 5.97 Å². The fraction of sp³-hybridized carbons (Fsp3) is 0.370. The second kappa shape index (κ2) is 17.2. The molecule has 0 bridgehead atoms. The van der Waals surface area contributed by atoms with Gasteiger partial charge in [0, 0.05) is 100 Å². The Morgan fingerprint density at radius 1 is 0.776 bits per heavy atom. The van der Waals surface area contributed by atoms with Crippen molar-refractivity contribution in [2.24, 2.45) is 19.5 Å². The molecule has 1 aliphatic carbocycles. The second-order valence-corrected chi connectivity index (χ2v) is 19.1. The summed E-state index contributed by atoms with van der Waals surface area (Å²) in [5, 5.41) is 15.0. The van der Waals surface area contributed by atoms with Gasteiger partial charge in [0.2, 0.25) is 11.8 Å². The number of anilines is 5. The lowest BCUT2D eigenvalue weighted by Crippen LogP contribution is -2.41. The number of aryl methyl sites for hydroxylation is 2. The summed E-state index contributed by atoms with van der Waals surface area (Å²) in [4.78, 5) is 84.6. The van der Waals surface area contributed by atoms with Crippen molar-refractivity contribution in [3.05, 3.63) is 114 Å². The summed E-state index contributed by atoms with van der Waals surface area (Å²) in [6.45, 7) is 8.07. The molecule has 0 aromatic carbocycles. The number of aromatic nitrogens is 8. The van der Waals surface area contributed by atoms with Gasteiger partial charge in [-0.15, -0.1) is 0 Å². The molecule has 20 nitrogen and oxygen atoms in total. The largest absolute Gasteiger partial charge is 0.461 e. The summed E-state index contributed by atoms with van der Waals surface area (Å²) in [6, 6.07) is 10.9. The number of likely N-dealkylation sites (N-methyl/N-ethyl adjacent to an activating group) is 2. The smallest absolute Gasteiger partial charge is 0.302 e. The van der Waals surface area contributed by atoms with E-state index >= 15 is 0 Å². The number of hydrogen-bond donors (Lipinski definition) is 2. The van der Waals surface area contributed by atoms with Crippen LogP contribution < -0.4 is 26.7 Å². The van der Waals surface area contributed by atoms with Crippen molar-refractivity contribution in [3.8, 4) is 11.1 Å². The number of nitrogens with zero attached hydrogens (tertiary/aromatic N) is 11. The molecule has 67 heavy (non-hydrogen) atoms. The molecule has 0 saturated carbocycles. The Kier molecular flexibility index (Phi) is 11.5. The van der Waals surface area contributed by atoms with E-state index in [0.29, 0.717) is 71.7 Å². The van der Waals surface area contributed by atoms with Crippen molar-refractivity contribution in [2.45, 2.75) is 72.9 Å². The van der Waals surface area contributed by atoms with Gasteiger partial charge in [0.05, 0.1) is 24.5 Å². The molecule has 4 aliphatic rings. The Balaban J connectivity index is 0.000000223. The van der Waals surface area contributed by atoms with Crippen LogP contribution in [-0.4, -0.2) is 92.4 Å². The van der Waals surface area contributed by atoms with Crippen LogP contribution in [0.3, 0.4) is 0 Å². The molecule has 3 aliphatic heterocycles. The SMILES string of the molecule is CC(=O)OCc1c(-c2cc(Nc3cc4n(n3)CC(=O)N(C)C4)c(=O)n(C)c2)ccnc1N1CCn2c(cc3c2CC(C)(C)C3)C1=O.CN1Cc2cc(Nc3cc(Br)cn(C)c3=O)nn2CC1=O. The number of carbonyl (C=O) groups excluding carboxylic acids is 4. The molecule has 0 radical (unpaired) electrons. The van der Waals surface area contributed by atoms with Crippen LogP contribution in [-0.2, 0) is 85.4 Å². The molecular weight excluding hydrogens is 926 g/mol. The van der Waals surface area contributed by atoms with E-state index in [9.17, 15) is 28.8 Å². The first kappa shape index (κ1) is 44.9. The van der Waals surface area contributed by atoms with Crippen LogP contribution in [0.25, 0.3) is 11.1 Å². The number of esters is 1. The van der Waals surface area contributed by atoms with Gasteiger partial charge in [-0.05, 0) is 69.6 Å². The average molecular weight is 977 g/mol. The Morgan fingerprint density at radius 3 is 1.99 bits per heavy atom.